The number of carbonyl (C=O) groups excluding carboxylic acids is 1. The molecule has 0 aliphatic rings. The highest BCUT2D eigenvalue weighted by atomic mass is 19.4. The lowest BCUT2D eigenvalue weighted by molar-refractivity contribution is -0.142. The summed E-state index contributed by atoms with van der Waals surface area (Å²) < 4.78 is 68.3. The Morgan fingerprint density at radius 1 is 1.45 bits per heavy atom. The quantitative estimate of drug-likeness (QED) is 0.683. The van der Waals surface area contributed by atoms with Crippen LogP contribution in [0.3, 0.4) is 0 Å². The summed E-state index contributed by atoms with van der Waals surface area (Å²) in [5.74, 6) is -0.982. The number of hydrogen-bond acceptors (Lipinski definition) is 4. The van der Waals surface area contributed by atoms with E-state index >= 15 is 0 Å². The van der Waals surface area contributed by atoms with Crippen molar-refractivity contribution in [3.8, 4) is 0 Å². The van der Waals surface area contributed by atoms with Gasteiger partial charge in [0.1, 0.15) is 5.69 Å². The van der Waals surface area contributed by atoms with E-state index in [9.17, 15) is 26.7 Å². The van der Waals surface area contributed by atoms with E-state index in [-0.39, 0.29) is 0 Å². The van der Waals surface area contributed by atoms with Gasteiger partial charge in [0, 0.05) is 6.54 Å². The SMILES string of the molecule is COC(=O)Cc1cc(C(F)F)nc(CN)c1C(F)(F)F. The highest BCUT2D eigenvalue weighted by Gasteiger charge is 2.38. The number of aromatic nitrogens is 1. The first-order chi connectivity index (χ1) is 9.20. The molecule has 9 heteroatoms. The van der Waals surface area contributed by atoms with Crippen molar-refractivity contribution in [2.45, 2.75) is 25.6 Å². The van der Waals surface area contributed by atoms with Crippen LogP contribution in [0, 0.1) is 0 Å². The van der Waals surface area contributed by atoms with E-state index in [0.717, 1.165) is 7.11 Å². The first kappa shape index (κ1) is 16.3. The maximum atomic E-state index is 12.9. The smallest absolute Gasteiger partial charge is 0.418 e. The third-order valence-electron chi connectivity index (χ3n) is 2.46. The van der Waals surface area contributed by atoms with Crippen LogP contribution < -0.4 is 5.73 Å². The van der Waals surface area contributed by atoms with E-state index < -0.39 is 54.1 Å². The second-order valence-corrected chi connectivity index (χ2v) is 3.78. The lowest BCUT2D eigenvalue weighted by Gasteiger charge is -2.17. The summed E-state index contributed by atoms with van der Waals surface area (Å²) in [6.07, 6.45) is -8.72. The largest absolute Gasteiger partial charge is 0.469 e. The molecule has 0 aromatic carbocycles. The number of pyridine rings is 1. The summed E-state index contributed by atoms with van der Waals surface area (Å²) >= 11 is 0. The summed E-state index contributed by atoms with van der Waals surface area (Å²) in [7, 11) is 0.981. The topological polar surface area (TPSA) is 65.2 Å². The fourth-order valence-corrected chi connectivity index (χ4v) is 1.65. The standard InChI is InChI=1S/C11H11F5N2O2/c1-20-8(19)3-5-2-6(10(12)13)18-7(4-17)9(5)11(14,15)16/h2,10H,3-4,17H2,1H3. The van der Waals surface area contributed by atoms with Gasteiger partial charge in [0.15, 0.2) is 0 Å². The van der Waals surface area contributed by atoms with Crippen LogP contribution in [0.2, 0.25) is 0 Å². The molecular formula is C11H11F5N2O2. The molecule has 0 bridgehead atoms. The summed E-state index contributed by atoms with van der Waals surface area (Å²) in [4.78, 5) is 14.3. The van der Waals surface area contributed by atoms with E-state index in [1.54, 1.807) is 0 Å². The Morgan fingerprint density at radius 3 is 2.45 bits per heavy atom. The van der Waals surface area contributed by atoms with Crippen molar-refractivity contribution in [3.63, 3.8) is 0 Å². The zero-order valence-electron chi connectivity index (χ0n) is 10.3. The molecule has 1 heterocycles. The monoisotopic (exact) mass is 298 g/mol. The number of hydrogen-bond donors (Lipinski definition) is 1. The molecule has 0 saturated heterocycles. The van der Waals surface area contributed by atoms with Crippen molar-refractivity contribution in [2.75, 3.05) is 7.11 Å². The van der Waals surface area contributed by atoms with Gasteiger partial charge in [0.25, 0.3) is 6.43 Å². The first-order valence-corrected chi connectivity index (χ1v) is 5.35. The number of carbonyl (C=O) groups is 1. The molecule has 0 aliphatic heterocycles. The van der Waals surface area contributed by atoms with Gasteiger partial charge < -0.3 is 10.5 Å². The molecule has 0 atom stereocenters. The molecule has 0 aliphatic carbocycles. The molecule has 1 rings (SSSR count). The first-order valence-electron chi connectivity index (χ1n) is 5.35. The number of alkyl halides is 5. The van der Waals surface area contributed by atoms with Gasteiger partial charge in [-0.1, -0.05) is 0 Å². The number of ether oxygens (including phenoxy) is 1. The van der Waals surface area contributed by atoms with Crippen LogP contribution in [0.25, 0.3) is 0 Å². The van der Waals surface area contributed by atoms with Crippen LogP contribution in [-0.4, -0.2) is 18.1 Å². The van der Waals surface area contributed by atoms with Crippen LogP contribution in [0.15, 0.2) is 6.07 Å². The van der Waals surface area contributed by atoms with Crippen LogP contribution in [-0.2, 0) is 28.7 Å². The van der Waals surface area contributed by atoms with E-state index in [2.05, 4.69) is 9.72 Å². The van der Waals surface area contributed by atoms with Crippen molar-refractivity contribution >= 4 is 5.97 Å². The van der Waals surface area contributed by atoms with Crippen molar-refractivity contribution in [3.05, 3.63) is 28.6 Å². The Bertz CT molecular complexity index is 502. The van der Waals surface area contributed by atoms with Crippen molar-refractivity contribution in [2.24, 2.45) is 5.73 Å². The summed E-state index contributed by atoms with van der Waals surface area (Å²) in [6.45, 7) is -0.677. The van der Waals surface area contributed by atoms with E-state index in [1.807, 2.05) is 0 Å². The Labute approximate surface area is 110 Å². The number of rotatable bonds is 4. The highest BCUT2D eigenvalue weighted by Crippen LogP contribution is 2.36. The van der Waals surface area contributed by atoms with Gasteiger partial charge in [-0.15, -0.1) is 0 Å². The van der Waals surface area contributed by atoms with Gasteiger partial charge >= 0.3 is 12.1 Å². The van der Waals surface area contributed by atoms with Crippen molar-refractivity contribution < 1.29 is 31.5 Å². The molecular weight excluding hydrogens is 287 g/mol. The molecule has 0 amide bonds. The number of halogens is 5. The molecule has 20 heavy (non-hydrogen) atoms. The second-order valence-electron chi connectivity index (χ2n) is 3.78. The predicted octanol–water partition coefficient (Wildman–Crippen LogP) is 2.21. The Kier molecular flexibility index (Phi) is 4.98. The Hall–Kier alpha value is -1.77. The molecule has 0 unspecified atom stereocenters. The molecule has 0 radical (unpaired) electrons. The minimum atomic E-state index is -4.86. The summed E-state index contributed by atoms with van der Waals surface area (Å²) in [6, 6.07) is 0.545. The maximum Gasteiger partial charge on any atom is 0.418 e. The van der Waals surface area contributed by atoms with Crippen LogP contribution in [0.1, 0.15) is 28.9 Å². The third-order valence-corrected chi connectivity index (χ3v) is 2.46. The van der Waals surface area contributed by atoms with Gasteiger partial charge in [-0.05, 0) is 11.6 Å². The Morgan fingerprint density at radius 2 is 2.05 bits per heavy atom. The lowest BCUT2D eigenvalue weighted by Crippen LogP contribution is -2.20. The molecule has 0 spiro atoms. The third kappa shape index (κ3) is 3.62. The van der Waals surface area contributed by atoms with Crippen LogP contribution >= 0.6 is 0 Å². The summed E-state index contributed by atoms with van der Waals surface area (Å²) in [5.41, 5.74) is 1.64. The number of nitrogens with two attached hydrogens (primary N) is 1. The Balaban J connectivity index is 3.48. The zero-order chi connectivity index (χ0) is 15.5. The molecule has 0 saturated carbocycles. The predicted molar refractivity (Wildman–Crippen MR) is 57.8 cm³/mol. The fourth-order valence-electron chi connectivity index (χ4n) is 1.65. The van der Waals surface area contributed by atoms with Gasteiger partial charge in [-0.3, -0.25) is 4.79 Å². The van der Waals surface area contributed by atoms with Gasteiger partial charge in [-0.2, -0.15) is 13.2 Å². The zero-order valence-corrected chi connectivity index (χ0v) is 10.3. The summed E-state index contributed by atoms with van der Waals surface area (Å²) in [5, 5.41) is 0. The molecule has 0 fully saturated rings. The molecule has 2 N–H and O–H groups in total. The highest BCUT2D eigenvalue weighted by molar-refractivity contribution is 5.73. The lowest BCUT2D eigenvalue weighted by atomic mass is 10.0. The van der Waals surface area contributed by atoms with Crippen LogP contribution in [0.4, 0.5) is 22.0 Å². The van der Waals surface area contributed by atoms with Crippen LogP contribution in [0.5, 0.6) is 0 Å². The molecule has 1 aromatic rings. The maximum absolute atomic E-state index is 12.9. The van der Waals surface area contributed by atoms with Crippen molar-refractivity contribution in [1.29, 1.82) is 0 Å². The van der Waals surface area contributed by atoms with E-state index in [1.165, 1.54) is 0 Å². The number of methoxy groups -OCH3 is 1. The normalized spacial score (nSPS) is 11.8. The molecule has 4 nitrogen and oxygen atoms in total. The average Bonchev–Trinajstić information content (AvgIpc) is 2.35. The number of nitrogens with zero attached hydrogens (tertiary/aromatic N) is 1. The molecule has 112 valence electrons. The van der Waals surface area contributed by atoms with Gasteiger partial charge in [0.05, 0.1) is 24.8 Å². The minimum absolute atomic E-state index is 0.545. The molecule has 1 aromatic heterocycles. The van der Waals surface area contributed by atoms with Gasteiger partial charge in [0.2, 0.25) is 0 Å². The number of esters is 1. The average molecular weight is 298 g/mol. The second kappa shape index (κ2) is 6.12. The fraction of sp³-hybridized carbons (Fsp3) is 0.455. The van der Waals surface area contributed by atoms with Gasteiger partial charge in [-0.25, -0.2) is 13.8 Å². The van der Waals surface area contributed by atoms with E-state index in [0.29, 0.717) is 6.07 Å². The minimum Gasteiger partial charge on any atom is -0.469 e. The van der Waals surface area contributed by atoms with E-state index in [4.69, 9.17) is 5.73 Å². The van der Waals surface area contributed by atoms with Crippen molar-refractivity contribution in [1.82, 2.24) is 4.98 Å².